The molecular formula is C33H25OS2+. The van der Waals surface area contributed by atoms with Gasteiger partial charge >= 0.3 is 0 Å². The third-order valence-electron chi connectivity index (χ3n) is 6.49. The maximum absolute atomic E-state index is 13.2. The van der Waals surface area contributed by atoms with Gasteiger partial charge in [0, 0.05) is 37.4 Å². The first-order valence-corrected chi connectivity index (χ1v) is 14.0. The van der Waals surface area contributed by atoms with Crippen molar-refractivity contribution in [1.29, 1.82) is 0 Å². The molecule has 6 rings (SSSR count). The normalized spacial score (nSPS) is 11.4. The summed E-state index contributed by atoms with van der Waals surface area (Å²) in [6.45, 7) is 4.26. The van der Waals surface area contributed by atoms with E-state index in [9.17, 15) is 4.79 Å². The number of thiophene rings is 1. The molecule has 0 atom stereocenters. The number of fused-ring (bicyclic) bond motifs is 3. The zero-order valence-corrected chi connectivity index (χ0v) is 21.8. The van der Waals surface area contributed by atoms with E-state index in [4.69, 9.17) is 0 Å². The minimum absolute atomic E-state index is 0.0621. The Morgan fingerprint density at radius 2 is 1.08 bits per heavy atom. The summed E-state index contributed by atoms with van der Waals surface area (Å²) in [5.74, 6) is 0.0621. The van der Waals surface area contributed by atoms with E-state index in [2.05, 4.69) is 92.7 Å². The van der Waals surface area contributed by atoms with Gasteiger partial charge in [0.15, 0.2) is 20.5 Å². The molecule has 0 bridgehead atoms. The van der Waals surface area contributed by atoms with Gasteiger partial charge in [-0.3, -0.25) is 4.79 Å². The van der Waals surface area contributed by atoms with Crippen molar-refractivity contribution in [2.45, 2.75) is 28.5 Å². The molecule has 174 valence electrons. The molecule has 0 aliphatic heterocycles. The lowest BCUT2D eigenvalue weighted by atomic mass is 10.0. The molecule has 0 aliphatic rings. The second kappa shape index (κ2) is 9.42. The number of hydrogen-bond acceptors (Lipinski definition) is 2. The summed E-state index contributed by atoms with van der Waals surface area (Å²) in [7, 11) is -0.220. The van der Waals surface area contributed by atoms with Crippen molar-refractivity contribution in [1.82, 2.24) is 0 Å². The van der Waals surface area contributed by atoms with Crippen LogP contribution in [0.25, 0.3) is 20.2 Å². The molecule has 0 unspecified atom stereocenters. The predicted molar refractivity (Wildman–Crippen MR) is 154 cm³/mol. The third kappa shape index (κ3) is 4.26. The summed E-state index contributed by atoms with van der Waals surface area (Å²) in [6, 6.07) is 40.3. The van der Waals surface area contributed by atoms with Crippen LogP contribution in [0.5, 0.6) is 0 Å². The fraction of sp³-hybridized carbons (Fsp3) is 0.0606. The highest BCUT2D eigenvalue weighted by Crippen LogP contribution is 2.39. The first-order chi connectivity index (χ1) is 17.6. The van der Waals surface area contributed by atoms with Crippen molar-refractivity contribution >= 4 is 48.2 Å². The monoisotopic (exact) mass is 501 g/mol. The van der Waals surface area contributed by atoms with Gasteiger partial charge < -0.3 is 0 Å². The van der Waals surface area contributed by atoms with E-state index < -0.39 is 0 Å². The van der Waals surface area contributed by atoms with E-state index in [0.29, 0.717) is 0 Å². The molecule has 0 aliphatic carbocycles. The van der Waals surface area contributed by atoms with E-state index >= 15 is 0 Å². The van der Waals surface area contributed by atoms with E-state index in [1.165, 1.54) is 40.6 Å². The summed E-state index contributed by atoms with van der Waals surface area (Å²) in [5, 5.41) is 2.36. The van der Waals surface area contributed by atoms with Gasteiger partial charge in [-0.05, 0) is 68.4 Å². The predicted octanol–water partition coefficient (Wildman–Crippen LogP) is 9.00. The number of hydrogen-bond donors (Lipinski definition) is 0. The summed E-state index contributed by atoms with van der Waals surface area (Å²) in [6.07, 6.45) is 0. The minimum atomic E-state index is -0.220. The highest BCUT2D eigenvalue weighted by atomic mass is 32.2. The van der Waals surface area contributed by atoms with E-state index in [0.717, 1.165) is 16.5 Å². The van der Waals surface area contributed by atoms with E-state index in [1.807, 2.05) is 36.4 Å². The van der Waals surface area contributed by atoms with Crippen molar-refractivity contribution in [3.05, 3.63) is 138 Å². The zero-order valence-electron chi connectivity index (χ0n) is 20.2. The van der Waals surface area contributed by atoms with Crippen LogP contribution in [0.2, 0.25) is 0 Å². The quantitative estimate of drug-likeness (QED) is 0.170. The van der Waals surface area contributed by atoms with Gasteiger partial charge in [0.25, 0.3) is 0 Å². The van der Waals surface area contributed by atoms with Gasteiger partial charge in [-0.2, -0.15) is 0 Å². The lowest BCUT2D eigenvalue weighted by Crippen LogP contribution is -2.05. The maximum Gasteiger partial charge on any atom is 0.193 e. The molecule has 3 heteroatoms. The van der Waals surface area contributed by atoms with Crippen molar-refractivity contribution < 1.29 is 4.79 Å². The fourth-order valence-corrected chi connectivity index (χ4v) is 7.68. The van der Waals surface area contributed by atoms with Crippen LogP contribution in [0.15, 0.2) is 130 Å². The Kier molecular flexibility index (Phi) is 5.96. The Bertz CT molecular complexity index is 1650. The molecule has 1 aromatic heterocycles. The van der Waals surface area contributed by atoms with Crippen molar-refractivity contribution in [3.8, 4) is 0 Å². The van der Waals surface area contributed by atoms with Crippen molar-refractivity contribution in [3.63, 3.8) is 0 Å². The fourth-order valence-electron chi connectivity index (χ4n) is 4.54. The average molecular weight is 502 g/mol. The van der Waals surface area contributed by atoms with E-state index in [1.54, 1.807) is 11.3 Å². The van der Waals surface area contributed by atoms with Crippen LogP contribution in [-0.4, -0.2) is 5.78 Å². The number of benzene rings is 5. The largest absolute Gasteiger partial charge is 0.289 e. The van der Waals surface area contributed by atoms with Gasteiger partial charge in [0.05, 0.1) is 10.9 Å². The third-order valence-corrected chi connectivity index (χ3v) is 9.85. The molecule has 0 amide bonds. The lowest BCUT2D eigenvalue weighted by molar-refractivity contribution is 0.103. The highest BCUT2D eigenvalue weighted by molar-refractivity contribution is 7.97. The minimum Gasteiger partial charge on any atom is -0.289 e. The molecule has 0 spiro atoms. The van der Waals surface area contributed by atoms with Crippen LogP contribution in [0.1, 0.15) is 27.0 Å². The number of aryl methyl sites for hydroxylation is 2. The molecule has 0 saturated carbocycles. The average Bonchev–Trinajstić information content (AvgIpc) is 3.28. The second-order valence-electron chi connectivity index (χ2n) is 9.10. The highest BCUT2D eigenvalue weighted by Gasteiger charge is 2.29. The summed E-state index contributed by atoms with van der Waals surface area (Å²) in [4.78, 5) is 17.1. The Morgan fingerprint density at radius 1 is 0.556 bits per heavy atom. The molecule has 1 heterocycles. The maximum atomic E-state index is 13.2. The molecule has 36 heavy (non-hydrogen) atoms. The Hall–Kier alpha value is -3.66. The molecule has 0 radical (unpaired) electrons. The summed E-state index contributed by atoms with van der Waals surface area (Å²) in [5.41, 5.74) is 3.98. The first-order valence-electron chi connectivity index (χ1n) is 12.0. The molecule has 0 N–H and O–H groups in total. The van der Waals surface area contributed by atoms with Crippen molar-refractivity contribution in [2.24, 2.45) is 0 Å². The van der Waals surface area contributed by atoms with Crippen LogP contribution >= 0.6 is 11.3 Å². The molecule has 6 aromatic rings. The molecule has 1 nitrogen and oxygen atoms in total. The van der Waals surface area contributed by atoms with Crippen LogP contribution in [-0.2, 0) is 10.9 Å². The van der Waals surface area contributed by atoms with Crippen molar-refractivity contribution in [2.75, 3.05) is 0 Å². The Labute approximate surface area is 218 Å². The molecule has 0 fully saturated rings. The first kappa shape index (κ1) is 22.8. The molecule has 5 aromatic carbocycles. The van der Waals surface area contributed by atoms with E-state index in [-0.39, 0.29) is 16.7 Å². The topological polar surface area (TPSA) is 17.1 Å². The summed E-state index contributed by atoms with van der Waals surface area (Å²) >= 11 is 1.79. The number of carbonyl (C=O) groups is 1. The van der Waals surface area contributed by atoms with Crippen LogP contribution in [0, 0.1) is 13.8 Å². The molecular weight excluding hydrogens is 476 g/mol. The zero-order chi connectivity index (χ0) is 24.6. The number of carbonyl (C=O) groups excluding carboxylic acids is 1. The smallest absolute Gasteiger partial charge is 0.193 e. The van der Waals surface area contributed by atoms with Crippen LogP contribution in [0.3, 0.4) is 0 Å². The SMILES string of the molecule is Cc1ccc([S+](c2ccc(C)cc2)c2ccc3sc4ccc(C(=O)c5ccccc5)cc4c3c2)cc1. The summed E-state index contributed by atoms with van der Waals surface area (Å²) < 4.78 is 2.45. The number of rotatable bonds is 5. The van der Waals surface area contributed by atoms with Crippen LogP contribution in [0.4, 0.5) is 0 Å². The number of ketones is 1. The lowest BCUT2D eigenvalue weighted by Gasteiger charge is -2.09. The van der Waals surface area contributed by atoms with Gasteiger partial charge in [-0.1, -0.05) is 65.7 Å². The van der Waals surface area contributed by atoms with Gasteiger partial charge in [0.1, 0.15) is 0 Å². The second-order valence-corrected chi connectivity index (χ2v) is 12.2. The standard InChI is InChI=1S/C33H25OS2/c1-22-8-13-26(14-9-22)36(27-15-10-23(2)11-16-27)28-17-19-32-30(21-28)29-20-25(12-18-31(29)35-32)33(34)24-6-4-3-5-7-24/h3-21H,1-2H3/q+1. The Balaban J connectivity index is 1.50. The van der Waals surface area contributed by atoms with Gasteiger partial charge in [-0.25, -0.2) is 0 Å². The Morgan fingerprint density at radius 3 is 1.69 bits per heavy atom. The van der Waals surface area contributed by atoms with Gasteiger partial charge in [0.2, 0.25) is 0 Å². The molecule has 0 saturated heterocycles. The van der Waals surface area contributed by atoms with Gasteiger partial charge in [-0.15, -0.1) is 11.3 Å². The van der Waals surface area contributed by atoms with Crippen LogP contribution < -0.4 is 0 Å².